The van der Waals surface area contributed by atoms with Crippen molar-refractivity contribution in [1.29, 1.82) is 0 Å². The minimum absolute atomic E-state index is 0.248. The molecule has 3 rings (SSSR count). The van der Waals surface area contributed by atoms with Crippen molar-refractivity contribution in [2.45, 2.75) is 12.2 Å². The summed E-state index contributed by atoms with van der Waals surface area (Å²) < 4.78 is 38.3. The van der Waals surface area contributed by atoms with E-state index in [1.54, 1.807) is 24.3 Å². The number of hydrogen-bond donors (Lipinski definition) is 2. The number of aliphatic hydroxyl groups is 1. The predicted octanol–water partition coefficient (Wildman–Crippen LogP) is 4.50. The monoisotopic (exact) mass is 319 g/mol. The molecule has 2 aromatic carbocycles. The molecule has 0 heterocycles. The Kier molecular flexibility index (Phi) is 3.60. The van der Waals surface area contributed by atoms with Gasteiger partial charge in [0.1, 0.15) is 0 Å². The lowest BCUT2D eigenvalue weighted by molar-refractivity contribution is -0.137. The van der Waals surface area contributed by atoms with Crippen molar-refractivity contribution in [3.63, 3.8) is 0 Å². The molecule has 2 N–H and O–H groups in total. The normalized spacial score (nSPS) is 17.4. The molecule has 23 heavy (non-hydrogen) atoms. The first-order chi connectivity index (χ1) is 10.9. The predicted molar refractivity (Wildman–Crippen MR) is 79.3 cm³/mol. The molecular weight excluding hydrogens is 307 g/mol. The number of benzene rings is 2. The zero-order valence-electron chi connectivity index (χ0n) is 11.8. The number of nitrogens with one attached hydrogen (secondary N) is 1. The Balaban J connectivity index is 1.96. The fourth-order valence-electron chi connectivity index (χ4n) is 2.52. The van der Waals surface area contributed by atoms with Crippen LogP contribution in [0.5, 0.6) is 0 Å². The molecule has 0 aromatic heterocycles. The van der Waals surface area contributed by atoms with Crippen molar-refractivity contribution < 1.29 is 23.1 Å². The fourth-order valence-corrected chi connectivity index (χ4v) is 2.52. The molecular formula is C17H12F3NO2. The summed E-state index contributed by atoms with van der Waals surface area (Å²) in [6.45, 7) is 0. The number of carbonyl (C=O) groups excluding carboxylic acids is 1. The summed E-state index contributed by atoms with van der Waals surface area (Å²) in [5.41, 5.74) is 0.415. The van der Waals surface area contributed by atoms with Crippen LogP contribution < -0.4 is 5.32 Å². The van der Waals surface area contributed by atoms with Crippen LogP contribution in [0.15, 0.2) is 60.4 Å². The summed E-state index contributed by atoms with van der Waals surface area (Å²) in [5, 5.41) is 12.7. The number of halogens is 3. The molecule has 1 atom stereocenters. The van der Waals surface area contributed by atoms with Crippen molar-refractivity contribution in [1.82, 2.24) is 0 Å². The number of Topliss-reactive ketones (excluding diaryl/α,β-unsaturated/α-hetero) is 1. The van der Waals surface area contributed by atoms with Gasteiger partial charge in [0.05, 0.1) is 11.6 Å². The highest BCUT2D eigenvalue weighted by Gasteiger charge is 2.31. The van der Waals surface area contributed by atoms with Crippen LogP contribution in [0.3, 0.4) is 0 Å². The van der Waals surface area contributed by atoms with E-state index in [0.29, 0.717) is 11.1 Å². The summed E-state index contributed by atoms with van der Waals surface area (Å²) in [4.78, 5) is 11.9. The van der Waals surface area contributed by atoms with E-state index in [0.717, 1.165) is 12.1 Å². The van der Waals surface area contributed by atoms with Crippen molar-refractivity contribution >= 4 is 11.5 Å². The Morgan fingerprint density at radius 2 is 1.78 bits per heavy atom. The number of allylic oxidation sites excluding steroid dienone is 1. The van der Waals surface area contributed by atoms with E-state index in [9.17, 15) is 23.1 Å². The molecule has 6 heteroatoms. The van der Waals surface area contributed by atoms with Gasteiger partial charge in [-0.15, -0.1) is 0 Å². The zero-order chi connectivity index (χ0) is 16.6. The van der Waals surface area contributed by atoms with Gasteiger partial charge in [-0.05, 0) is 29.8 Å². The van der Waals surface area contributed by atoms with Crippen LogP contribution in [-0.2, 0) is 6.18 Å². The number of ketones is 1. The number of fused-ring (bicyclic) bond motifs is 1. The van der Waals surface area contributed by atoms with Crippen molar-refractivity contribution in [3.8, 4) is 0 Å². The molecule has 0 saturated heterocycles. The Bertz CT molecular complexity index is 796. The van der Waals surface area contributed by atoms with Gasteiger partial charge in [-0.1, -0.05) is 30.3 Å². The molecule has 1 aliphatic carbocycles. The Morgan fingerprint density at radius 3 is 2.52 bits per heavy atom. The van der Waals surface area contributed by atoms with E-state index in [2.05, 4.69) is 5.32 Å². The first kappa shape index (κ1) is 15.1. The van der Waals surface area contributed by atoms with Crippen molar-refractivity contribution in [3.05, 3.63) is 77.1 Å². The molecule has 3 nitrogen and oxygen atoms in total. The molecule has 118 valence electrons. The smallest absolute Gasteiger partial charge is 0.416 e. The molecule has 0 saturated carbocycles. The van der Waals surface area contributed by atoms with Crippen LogP contribution in [0.4, 0.5) is 18.9 Å². The summed E-state index contributed by atoms with van der Waals surface area (Å²) >= 11 is 0. The van der Waals surface area contributed by atoms with Gasteiger partial charge >= 0.3 is 6.18 Å². The highest BCUT2D eigenvalue weighted by atomic mass is 19.4. The Labute approximate surface area is 130 Å². The van der Waals surface area contributed by atoms with Gasteiger partial charge in [0.25, 0.3) is 0 Å². The van der Waals surface area contributed by atoms with Gasteiger partial charge in [0.2, 0.25) is 5.78 Å². The average Bonchev–Trinajstić information content (AvgIpc) is 2.52. The second kappa shape index (κ2) is 5.46. The standard InChI is InChI=1S/C17H12F3NO2/c18-17(19,20)10-4-3-5-11(8-10)21-14-9-15(22)16(23)13-7-2-1-6-12(13)14/h1-9,14,21-22H/t14-/m1/s1. The van der Waals surface area contributed by atoms with Gasteiger partial charge in [-0.25, -0.2) is 0 Å². The average molecular weight is 319 g/mol. The number of carbonyl (C=O) groups is 1. The van der Waals surface area contributed by atoms with E-state index in [-0.39, 0.29) is 5.69 Å². The lowest BCUT2D eigenvalue weighted by Crippen LogP contribution is -2.20. The molecule has 2 aromatic rings. The molecule has 0 fully saturated rings. The van der Waals surface area contributed by atoms with Gasteiger partial charge in [-0.2, -0.15) is 13.2 Å². The van der Waals surface area contributed by atoms with Crippen LogP contribution in [0.2, 0.25) is 0 Å². The zero-order valence-corrected chi connectivity index (χ0v) is 11.8. The van der Waals surface area contributed by atoms with Crippen LogP contribution in [0.1, 0.15) is 27.5 Å². The van der Waals surface area contributed by atoms with Gasteiger partial charge in [-0.3, -0.25) is 4.79 Å². The quantitative estimate of drug-likeness (QED) is 0.857. The molecule has 0 spiro atoms. The van der Waals surface area contributed by atoms with E-state index in [1.165, 1.54) is 18.2 Å². The van der Waals surface area contributed by atoms with E-state index in [1.807, 2.05) is 0 Å². The van der Waals surface area contributed by atoms with Crippen LogP contribution >= 0.6 is 0 Å². The van der Waals surface area contributed by atoms with Gasteiger partial charge in [0.15, 0.2) is 5.76 Å². The minimum atomic E-state index is -4.43. The largest absolute Gasteiger partial charge is 0.504 e. The lowest BCUT2D eigenvalue weighted by atomic mass is 9.91. The third-order valence-corrected chi connectivity index (χ3v) is 3.61. The van der Waals surface area contributed by atoms with Crippen LogP contribution in [-0.4, -0.2) is 10.9 Å². The molecule has 0 amide bonds. The molecule has 0 radical (unpaired) electrons. The Morgan fingerprint density at radius 1 is 1.04 bits per heavy atom. The second-order valence-electron chi connectivity index (χ2n) is 5.17. The first-order valence-corrected chi connectivity index (χ1v) is 6.84. The van der Waals surface area contributed by atoms with E-state index >= 15 is 0 Å². The minimum Gasteiger partial charge on any atom is -0.504 e. The number of alkyl halides is 3. The molecule has 0 unspecified atom stereocenters. The third-order valence-electron chi connectivity index (χ3n) is 3.61. The Hall–Kier alpha value is -2.76. The summed E-state index contributed by atoms with van der Waals surface area (Å²) in [6.07, 6.45) is -3.14. The third kappa shape index (κ3) is 2.92. The first-order valence-electron chi connectivity index (χ1n) is 6.84. The molecule has 0 bridgehead atoms. The topological polar surface area (TPSA) is 49.3 Å². The molecule has 0 aliphatic heterocycles. The highest BCUT2D eigenvalue weighted by Crippen LogP contribution is 2.33. The van der Waals surface area contributed by atoms with Crippen LogP contribution in [0.25, 0.3) is 0 Å². The number of hydrogen-bond acceptors (Lipinski definition) is 3. The summed E-state index contributed by atoms with van der Waals surface area (Å²) in [6, 6.07) is 10.8. The van der Waals surface area contributed by atoms with Crippen molar-refractivity contribution in [2.24, 2.45) is 0 Å². The summed E-state index contributed by atoms with van der Waals surface area (Å²) in [5.74, 6) is -0.920. The van der Waals surface area contributed by atoms with E-state index < -0.39 is 29.3 Å². The summed E-state index contributed by atoms with van der Waals surface area (Å²) in [7, 11) is 0. The SMILES string of the molecule is O=C1C(O)=C[C@@H](Nc2cccc(C(F)(F)F)c2)c2ccccc21. The number of rotatable bonds is 2. The van der Waals surface area contributed by atoms with Crippen LogP contribution in [0, 0.1) is 0 Å². The maximum Gasteiger partial charge on any atom is 0.416 e. The fraction of sp³-hybridized carbons (Fsp3) is 0.118. The maximum absolute atomic E-state index is 12.8. The van der Waals surface area contributed by atoms with E-state index in [4.69, 9.17) is 0 Å². The molecule has 1 aliphatic rings. The van der Waals surface area contributed by atoms with Gasteiger partial charge < -0.3 is 10.4 Å². The number of aliphatic hydroxyl groups excluding tert-OH is 1. The lowest BCUT2D eigenvalue weighted by Gasteiger charge is -2.23. The highest BCUT2D eigenvalue weighted by molar-refractivity contribution is 6.09. The van der Waals surface area contributed by atoms with Crippen molar-refractivity contribution in [2.75, 3.05) is 5.32 Å². The maximum atomic E-state index is 12.8. The number of anilines is 1. The van der Waals surface area contributed by atoms with Gasteiger partial charge in [0, 0.05) is 11.3 Å². The second-order valence-corrected chi connectivity index (χ2v) is 5.17.